The molecule has 0 radical (unpaired) electrons. The maximum Gasteiger partial charge on any atom is 0.341 e. The highest BCUT2D eigenvalue weighted by molar-refractivity contribution is 9.10. The Labute approximate surface area is 230 Å². The van der Waals surface area contributed by atoms with Gasteiger partial charge in [0.25, 0.3) is 0 Å². The van der Waals surface area contributed by atoms with Crippen molar-refractivity contribution in [2.24, 2.45) is 0 Å². The zero-order chi connectivity index (χ0) is 26.4. The summed E-state index contributed by atoms with van der Waals surface area (Å²) in [7, 11) is 2.75. The zero-order valence-corrected chi connectivity index (χ0v) is 23.1. The number of para-hydroxylation sites is 2. The van der Waals surface area contributed by atoms with E-state index in [9.17, 15) is 9.59 Å². The Hall–Kier alpha value is -3.23. The van der Waals surface area contributed by atoms with Crippen molar-refractivity contribution in [3.63, 3.8) is 0 Å². The fourth-order valence-electron chi connectivity index (χ4n) is 4.38. The van der Waals surface area contributed by atoms with Gasteiger partial charge in [-0.2, -0.15) is 0 Å². The number of amides is 1. The van der Waals surface area contributed by atoms with Crippen LogP contribution in [0.1, 0.15) is 35.2 Å². The van der Waals surface area contributed by atoms with Crippen LogP contribution in [0, 0.1) is 0 Å². The molecule has 1 heterocycles. The third-order valence-electron chi connectivity index (χ3n) is 6.27. The van der Waals surface area contributed by atoms with Crippen molar-refractivity contribution in [1.29, 1.82) is 0 Å². The number of nitrogens with one attached hydrogen (secondary N) is 1. The van der Waals surface area contributed by atoms with Crippen LogP contribution in [0.3, 0.4) is 0 Å². The van der Waals surface area contributed by atoms with Gasteiger partial charge in [0.2, 0.25) is 5.91 Å². The van der Waals surface area contributed by atoms with Crippen molar-refractivity contribution in [3.8, 4) is 5.75 Å². The Morgan fingerprint density at radius 1 is 1.03 bits per heavy atom. The molecule has 1 aliphatic rings. The zero-order valence-electron chi connectivity index (χ0n) is 20.8. The van der Waals surface area contributed by atoms with E-state index in [1.165, 1.54) is 26.7 Å². The van der Waals surface area contributed by atoms with Crippen molar-refractivity contribution in [1.82, 2.24) is 0 Å². The number of hydrazine groups is 1. The second-order valence-corrected chi connectivity index (χ2v) is 10.0. The van der Waals surface area contributed by atoms with E-state index in [0.717, 1.165) is 47.5 Å². The molecule has 1 saturated heterocycles. The molecule has 1 aliphatic heterocycles. The van der Waals surface area contributed by atoms with Crippen LogP contribution in [0.4, 0.5) is 17.1 Å². The van der Waals surface area contributed by atoms with Crippen LogP contribution in [-0.2, 0) is 16.0 Å². The summed E-state index contributed by atoms with van der Waals surface area (Å²) in [4.78, 5) is 28.3. The molecule has 0 bridgehead atoms. The van der Waals surface area contributed by atoms with E-state index in [1.54, 1.807) is 11.1 Å². The highest BCUT2D eigenvalue weighted by Crippen LogP contribution is 2.34. The third-order valence-corrected chi connectivity index (χ3v) is 7.15. The Kier molecular flexibility index (Phi) is 8.95. The molecule has 37 heavy (non-hydrogen) atoms. The summed E-state index contributed by atoms with van der Waals surface area (Å²) in [6, 6.07) is 18.6. The third kappa shape index (κ3) is 6.37. The Morgan fingerprint density at radius 3 is 2.41 bits per heavy atom. The quantitative estimate of drug-likeness (QED) is 0.240. The van der Waals surface area contributed by atoms with Crippen molar-refractivity contribution in [3.05, 3.63) is 81.3 Å². The minimum absolute atomic E-state index is 0.0193. The first-order chi connectivity index (χ1) is 17.9. The van der Waals surface area contributed by atoms with Crippen LogP contribution in [-0.4, -0.2) is 39.2 Å². The van der Waals surface area contributed by atoms with E-state index >= 15 is 0 Å². The molecule has 3 aromatic carbocycles. The van der Waals surface area contributed by atoms with Crippen LogP contribution in [0.2, 0.25) is 5.02 Å². The lowest BCUT2D eigenvalue weighted by molar-refractivity contribution is -0.117. The van der Waals surface area contributed by atoms with Gasteiger partial charge in [-0.15, -0.1) is 0 Å². The number of benzene rings is 3. The fourth-order valence-corrected chi connectivity index (χ4v) is 4.87. The number of halogens is 2. The molecule has 0 atom stereocenters. The minimum Gasteiger partial charge on any atom is -0.496 e. The van der Waals surface area contributed by atoms with Gasteiger partial charge in [-0.3, -0.25) is 10.2 Å². The number of carbonyl (C=O) groups is 2. The standard InChI is InChI=1S/C28H29BrClN3O4/c1-36-26-16-19(23(30)18-22(26)28(35)37-2)17-27(34)33(31-21-12-10-20(29)11-13-21)25-9-5-4-8-24(25)32-14-6-3-7-15-32/h4-5,8-13,16,18,31H,3,6-7,14-15,17H2,1-2H3. The first-order valence-corrected chi connectivity index (χ1v) is 13.2. The molecular formula is C28H29BrClN3O4. The van der Waals surface area contributed by atoms with E-state index < -0.39 is 5.97 Å². The van der Waals surface area contributed by atoms with E-state index in [1.807, 2.05) is 48.5 Å². The maximum absolute atomic E-state index is 13.9. The first kappa shape index (κ1) is 26.8. The predicted octanol–water partition coefficient (Wildman–Crippen LogP) is 6.49. The number of hydrogen-bond acceptors (Lipinski definition) is 6. The molecule has 0 saturated carbocycles. The normalized spacial score (nSPS) is 13.1. The van der Waals surface area contributed by atoms with Gasteiger partial charge in [0.05, 0.1) is 37.7 Å². The van der Waals surface area contributed by atoms with Gasteiger partial charge in [0.15, 0.2) is 0 Å². The summed E-state index contributed by atoms with van der Waals surface area (Å²) >= 11 is 9.98. The van der Waals surface area contributed by atoms with Crippen LogP contribution < -0.4 is 20.1 Å². The Morgan fingerprint density at radius 2 is 1.73 bits per heavy atom. The second kappa shape index (κ2) is 12.3. The molecule has 3 aromatic rings. The number of esters is 1. The van der Waals surface area contributed by atoms with Gasteiger partial charge >= 0.3 is 5.97 Å². The second-order valence-electron chi connectivity index (χ2n) is 8.70. The van der Waals surface area contributed by atoms with Crippen molar-refractivity contribution >= 4 is 56.5 Å². The number of nitrogens with zero attached hydrogens (tertiary/aromatic N) is 2. The molecule has 1 amide bonds. The first-order valence-electron chi connectivity index (χ1n) is 12.0. The number of anilines is 3. The van der Waals surface area contributed by atoms with E-state index in [0.29, 0.717) is 11.3 Å². The predicted molar refractivity (Wildman–Crippen MR) is 151 cm³/mol. The highest BCUT2D eigenvalue weighted by atomic mass is 79.9. The number of hydrogen-bond donors (Lipinski definition) is 1. The number of rotatable bonds is 8. The molecule has 0 aromatic heterocycles. The van der Waals surface area contributed by atoms with Crippen LogP contribution >= 0.6 is 27.5 Å². The van der Waals surface area contributed by atoms with Gasteiger partial charge in [-0.1, -0.05) is 39.7 Å². The molecule has 1 fully saturated rings. The average molecular weight is 587 g/mol. The van der Waals surface area contributed by atoms with Gasteiger partial charge in [-0.25, -0.2) is 9.80 Å². The average Bonchev–Trinajstić information content (AvgIpc) is 2.93. The van der Waals surface area contributed by atoms with E-state index in [2.05, 4.69) is 26.3 Å². The minimum atomic E-state index is -0.564. The van der Waals surface area contributed by atoms with Gasteiger partial charge < -0.3 is 14.4 Å². The SMILES string of the molecule is COC(=O)c1cc(Cl)c(CC(=O)N(Nc2ccc(Br)cc2)c2ccccc2N2CCCCC2)cc1OC. The summed E-state index contributed by atoms with van der Waals surface area (Å²) in [5.41, 5.74) is 6.54. The van der Waals surface area contributed by atoms with E-state index in [-0.39, 0.29) is 22.9 Å². The fraction of sp³-hybridized carbons (Fsp3) is 0.286. The van der Waals surface area contributed by atoms with Crippen LogP contribution in [0.15, 0.2) is 65.1 Å². The topological polar surface area (TPSA) is 71.1 Å². The summed E-state index contributed by atoms with van der Waals surface area (Å²) < 4.78 is 11.1. The lowest BCUT2D eigenvalue weighted by Gasteiger charge is -2.34. The number of carbonyl (C=O) groups excluding carboxylic acids is 2. The lowest BCUT2D eigenvalue weighted by Crippen LogP contribution is -2.39. The van der Waals surface area contributed by atoms with Crippen molar-refractivity contribution in [2.45, 2.75) is 25.7 Å². The lowest BCUT2D eigenvalue weighted by atomic mass is 10.1. The Balaban J connectivity index is 1.71. The molecule has 0 aliphatic carbocycles. The highest BCUT2D eigenvalue weighted by Gasteiger charge is 2.25. The summed E-state index contributed by atoms with van der Waals surface area (Å²) in [6.07, 6.45) is 3.42. The Bertz CT molecular complexity index is 1260. The number of ether oxygens (including phenoxy) is 2. The molecule has 194 valence electrons. The number of piperidine rings is 1. The molecule has 9 heteroatoms. The maximum atomic E-state index is 13.9. The number of methoxy groups -OCH3 is 2. The van der Waals surface area contributed by atoms with E-state index in [4.69, 9.17) is 21.1 Å². The summed E-state index contributed by atoms with van der Waals surface area (Å²) in [6.45, 7) is 1.88. The monoisotopic (exact) mass is 585 g/mol. The molecule has 0 unspecified atom stereocenters. The summed E-state index contributed by atoms with van der Waals surface area (Å²) in [5, 5.41) is 1.85. The van der Waals surface area contributed by atoms with Gasteiger partial charge in [0.1, 0.15) is 11.3 Å². The molecular weight excluding hydrogens is 558 g/mol. The largest absolute Gasteiger partial charge is 0.496 e. The smallest absolute Gasteiger partial charge is 0.341 e. The molecule has 0 spiro atoms. The summed E-state index contributed by atoms with van der Waals surface area (Å²) in [5.74, 6) is -0.493. The molecule has 7 nitrogen and oxygen atoms in total. The van der Waals surface area contributed by atoms with Crippen LogP contribution in [0.25, 0.3) is 0 Å². The van der Waals surface area contributed by atoms with Crippen LogP contribution in [0.5, 0.6) is 5.75 Å². The van der Waals surface area contributed by atoms with Crippen molar-refractivity contribution < 1.29 is 19.1 Å². The molecule has 1 N–H and O–H groups in total. The van der Waals surface area contributed by atoms with Crippen molar-refractivity contribution in [2.75, 3.05) is 42.6 Å². The molecule has 4 rings (SSSR count). The van der Waals surface area contributed by atoms with Gasteiger partial charge in [0, 0.05) is 22.6 Å². The van der Waals surface area contributed by atoms with Gasteiger partial charge in [-0.05, 0) is 73.4 Å².